The minimum atomic E-state index is -0.558. The van der Waals surface area contributed by atoms with E-state index in [0.717, 1.165) is 19.3 Å². The maximum absolute atomic E-state index is 12.3. The third kappa shape index (κ3) is 2.53. The van der Waals surface area contributed by atoms with Crippen LogP contribution in [0.2, 0.25) is 0 Å². The van der Waals surface area contributed by atoms with Gasteiger partial charge >= 0.3 is 0 Å². The minimum absolute atomic E-state index is 0.0593. The first kappa shape index (κ1) is 14.5. The number of nitrogens with one attached hydrogen (secondary N) is 1. The molecule has 1 amide bonds. The molecule has 1 aliphatic rings. The number of aliphatic hydroxyl groups is 1. The first-order valence-electron chi connectivity index (χ1n) is 6.68. The second-order valence-corrected chi connectivity index (χ2v) is 5.59. The van der Waals surface area contributed by atoms with Crippen LogP contribution in [-0.2, 0) is 0 Å². The van der Waals surface area contributed by atoms with Crippen molar-refractivity contribution in [3.8, 4) is 0 Å². The van der Waals surface area contributed by atoms with Gasteiger partial charge in [-0.05, 0) is 33.1 Å². The van der Waals surface area contributed by atoms with Crippen LogP contribution in [0.5, 0.6) is 0 Å². The Kier molecular flexibility index (Phi) is 3.80. The molecular weight excluding hydrogens is 262 g/mol. The molecule has 1 aromatic rings. The summed E-state index contributed by atoms with van der Waals surface area (Å²) in [6, 6.07) is 1.22. The molecule has 1 heterocycles. The Labute approximate surface area is 116 Å². The zero-order valence-electron chi connectivity index (χ0n) is 11.6. The highest BCUT2D eigenvalue weighted by atomic mass is 16.6. The van der Waals surface area contributed by atoms with E-state index < -0.39 is 10.5 Å². The van der Waals surface area contributed by atoms with E-state index in [9.17, 15) is 20.0 Å². The van der Waals surface area contributed by atoms with Crippen molar-refractivity contribution in [3.05, 3.63) is 28.1 Å². The van der Waals surface area contributed by atoms with E-state index in [-0.39, 0.29) is 29.9 Å². The van der Waals surface area contributed by atoms with Gasteiger partial charge in [0, 0.05) is 12.1 Å². The van der Waals surface area contributed by atoms with Crippen LogP contribution in [0, 0.1) is 10.1 Å². The number of amides is 1. The molecule has 0 atom stereocenters. The lowest BCUT2D eigenvalue weighted by Crippen LogP contribution is -2.56. The summed E-state index contributed by atoms with van der Waals surface area (Å²) in [4.78, 5) is 22.6. The van der Waals surface area contributed by atoms with Crippen LogP contribution in [0.3, 0.4) is 0 Å². The fourth-order valence-electron chi connectivity index (χ4n) is 2.40. The van der Waals surface area contributed by atoms with Crippen molar-refractivity contribution >= 4 is 11.6 Å². The Morgan fingerprint density at radius 1 is 1.60 bits per heavy atom. The Morgan fingerprint density at radius 2 is 2.25 bits per heavy atom. The monoisotopic (exact) mass is 281 g/mol. The van der Waals surface area contributed by atoms with Crippen LogP contribution >= 0.6 is 0 Å². The van der Waals surface area contributed by atoms with E-state index in [0.29, 0.717) is 0 Å². The average molecular weight is 281 g/mol. The second-order valence-electron chi connectivity index (χ2n) is 5.59. The lowest BCUT2D eigenvalue weighted by atomic mass is 9.77. The molecule has 0 radical (unpaired) electrons. The highest BCUT2D eigenvalue weighted by molar-refractivity contribution is 5.94. The molecule has 2 N–H and O–H groups in total. The molecule has 0 aromatic carbocycles. The molecule has 0 saturated heterocycles. The number of hydrogen-bond donors (Lipinski definition) is 2. The molecular formula is C13H19N3O4. The number of nitrogens with zero attached hydrogens (tertiary/aromatic N) is 2. The van der Waals surface area contributed by atoms with Crippen molar-refractivity contribution in [1.82, 2.24) is 9.88 Å². The van der Waals surface area contributed by atoms with Gasteiger partial charge in [0.15, 0.2) is 0 Å². The lowest BCUT2D eigenvalue weighted by Gasteiger charge is -2.41. The molecule has 7 heteroatoms. The molecule has 1 saturated carbocycles. The highest BCUT2D eigenvalue weighted by Gasteiger charge is 2.38. The molecule has 20 heavy (non-hydrogen) atoms. The van der Waals surface area contributed by atoms with Crippen molar-refractivity contribution in [1.29, 1.82) is 0 Å². The molecule has 0 spiro atoms. The summed E-state index contributed by atoms with van der Waals surface area (Å²) in [5.74, 6) is -0.374. The van der Waals surface area contributed by atoms with Gasteiger partial charge in [-0.3, -0.25) is 14.9 Å². The van der Waals surface area contributed by atoms with E-state index in [2.05, 4.69) is 5.32 Å². The van der Waals surface area contributed by atoms with Gasteiger partial charge in [-0.15, -0.1) is 0 Å². The molecule has 110 valence electrons. The van der Waals surface area contributed by atoms with E-state index in [1.54, 1.807) is 4.57 Å². The minimum Gasteiger partial charge on any atom is -0.394 e. The van der Waals surface area contributed by atoms with Crippen LogP contribution in [0.4, 0.5) is 5.69 Å². The van der Waals surface area contributed by atoms with Gasteiger partial charge in [0.25, 0.3) is 11.6 Å². The number of aromatic nitrogens is 1. The van der Waals surface area contributed by atoms with Crippen LogP contribution in [0.15, 0.2) is 12.3 Å². The van der Waals surface area contributed by atoms with Crippen LogP contribution < -0.4 is 5.32 Å². The largest absolute Gasteiger partial charge is 0.394 e. The summed E-state index contributed by atoms with van der Waals surface area (Å²) in [6.07, 6.45) is 3.80. The van der Waals surface area contributed by atoms with Gasteiger partial charge in [0.05, 0.1) is 23.3 Å². The molecule has 0 aliphatic heterocycles. The normalized spacial score (nSPS) is 16.8. The van der Waals surface area contributed by atoms with Gasteiger partial charge in [0.2, 0.25) is 0 Å². The molecule has 1 fully saturated rings. The number of nitro groups is 1. The van der Waals surface area contributed by atoms with Gasteiger partial charge in [-0.25, -0.2) is 0 Å². The van der Waals surface area contributed by atoms with Crippen LogP contribution in [-0.4, -0.2) is 32.6 Å². The maximum Gasteiger partial charge on any atom is 0.287 e. The van der Waals surface area contributed by atoms with Crippen LogP contribution in [0.25, 0.3) is 0 Å². The Hall–Kier alpha value is -1.89. The van der Waals surface area contributed by atoms with Crippen molar-refractivity contribution in [3.63, 3.8) is 0 Å². The number of carbonyl (C=O) groups excluding carboxylic acids is 1. The van der Waals surface area contributed by atoms with Crippen LogP contribution in [0.1, 0.15) is 49.6 Å². The van der Waals surface area contributed by atoms with Crippen molar-refractivity contribution in [2.75, 3.05) is 6.61 Å². The fourth-order valence-corrected chi connectivity index (χ4v) is 2.40. The number of rotatable bonds is 5. The standard InChI is InChI=1S/C13H19N3O4/c1-9(2)15-7-10(16(19)20)6-11(15)12(18)14-13(8-17)4-3-5-13/h6-7,9,17H,3-5,8H2,1-2H3,(H,14,18). The topological polar surface area (TPSA) is 97.4 Å². The van der Waals surface area contributed by atoms with Crippen molar-refractivity contribution < 1.29 is 14.8 Å². The van der Waals surface area contributed by atoms with Crippen molar-refractivity contribution in [2.24, 2.45) is 0 Å². The van der Waals surface area contributed by atoms with Gasteiger partial charge in [-0.1, -0.05) is 0 Å². The molecule has 1 aromatic heterocycles. The van der Waals surface area contributed by atoms with E-state index in [1.807, 2.05) is 13.8 Å². The van der Waals surface area contributed by atoms with Crippen molar-refractivity contribution in [2.45, 2.75) is 44.7 Å². The molecule has 0 unspecified atom stereocenters. The predicted molar refractivity (Wildman–Crippen MR) is 72.6 cm³/mol. The van der Waals surface area contributed by atoms with Gasteiger partial charge in [0.1, 0.15) is 5.69 Å². The third-order valence-corrected chi connectivity index (χ3v) is 3.83. The summed E-state index contributed by atoms with van der Waals surface area (Å²) in [6.45, 7) is 3.60. The highest BCUT2D eigenvalue weighted by Crippen LogP contribution is 2.32. The number of carbonyl (C=O) groups is 1. The summed E-state index contributed by atoms with van der Waals surface area (Å²) in [7, 11) is 0. The zero-order chi connectivity index (χ0) is 14.9. The predicted octanol–water partition coefficient (Wildman–Crippen LogP) is 1.62. The maximum atomic E-state index is 12.3. The first-order chi connectivity index (χ1) is 9.38. The molecule has 7 nitrogen and oxygen atoms in total. The SMILES string of the molecule is CC(C)n1cc([N+](=O)[O-])cc1C(=O)NC1(CO)CCC1. The summed E-state index contributed by atoms with van der Waals surface area (Å²) < 4.78 is 1.58. The first-order valence-corrected chi connectivity index (χ1v) is 6.68. The van der Waals surface area contributed by atoms with E-state index >= 15 is 0 Å². The summed E-state index contributed by atoms with van der Waals surface area (Å²) >= 11 is 0. The Bertz CT molecular complexity index is 526. The smallest absolute Gasteiger partial charge is 0.287 e. The average Bonchev–Trinajstić information content (AvgIpc) is 2.78. The lowest BCUT2D eigenvalue weighted by molar-refractivity contribution is -0.384. The number of hydrogen-bond acceptors (Lipinski definition) is 4. The molecule has 2 rings (SSSR count). The van der Waals surface area contributed by atoms with E-state index in [4.69, 9.17) is 0 Å². The van der Waals surface area contributed by atoms with Gasteiger partial charge in [-0.2, -0.15) is 0 Å². The van der Waals surface area contributed by atoms with E-state index in [1.165, 1.54) is 12.3 Å². The Morgan fingerprint density at radius 3 is 2.65 bits per heavy atom. The second kappa shape index (κ2) is 5.24. The molecule has 0 bridgehead atoms. The summed E-state index contributed by atoms with van der Waals surface area (Å²) in [5, 5.41) is 23.0. The zero-order valence-corrected chi connectivity index (χ0v) is 11.6. The third-order valence-electron chi connectivity index (χ3n) is 3.83. The fraction of sp³-hybridized carbons (Fsp3) is 0.615. The summed E-state index contributed by atoms with van der Waals surface area (Å²) in [5.41, 5.74) is -0.403. The van der Waals surface area contributed by atoms with Gasteiger partial charge < -0.3 is 15.0 Å². The Balaban J connectivity index is 2.26. The molecule has 1 aliphatic carbocycles. The quantitative estimate of drug-likeness (QED) is 0.633. The number of aliphatic hydroxyl groups excluding tert-OH is 1.